The van der Waals surface area contributed by atoms with E-state index in [1.165, 1.54) is 0 Å². The first-order valence-corrected chi connectivity index (χ1v) is 11.3. The van der Waals surface area contributed by atoms with Crippen LogP contribution in [-0.4, -0.2) is 22.7 Å². The Labute approximate surface area is 202 Å². The monoisotopic (exact) mass is 475 g/mol. The first-order valence-electron chi connectivity index (χ1n) is 11.3. The summed E-state index contributed by atoms with van der Waals surface area (Å²) in [5.41, 5.74) is 1.99. The summed E-state index contributed by atoms with van der Waals surface area (Å²) in [5.74, 6) is -0.908. The van der Waals surface area contributed by atoms with E-state index in [2.05, 4.69) is 0 Å². The fraction of sp³-hybridized carbons (Fsp3) is 0.222. The first-order chi connectivity index (χ1) is 17.1. The van der Waals surface area contributed by atoms with Crippen molar-refractivity contribution in [2.45, 2.75) is 39.4 Å². The number of nitrogens with zero attached hydrogens (tertiary/aromatic N) is 1. The van der Waals surface area contributed by atoms with Crippen LogP contribution in [0, 0.1) is 0 Å². The largest absolute Gasteiger partial charge is 0.485 e. The van der Waals surface area contributed by atoms with Crippen LogP contribution in [0.15, 0.2) is 72.8 Å². The van der Waals surface area contributed by atoms with Crippen molar-refractivity contribution in [3.05, 3.63) is 89.5 Å². The van der Waals surface area contributed by atoms with Crippen molar-refractivity contribution in [2.75, 3.05) is 0 Å². The molecule has 1 fully saturated rings. The molecule has 3 aromatic carbocycles. The average Bonchev–Trinajstić information content (AvgIpc) is 3.22. The van der Waals surface area contributed by atoms with Crippen molar-refractivity contribution in [3.8, 4) is 17.2 Å². The molecule has 8 nitrogen and oxygen atoms in total. The molecule has 0 aliphatic carbocycles. The Morgan fingerprint density at radius 1 is 0.771 bits per heavy atom. The molecule has 8 heteroatoms. The number of ether oxygens (including phenoxy) is 2. The van der Waals surface area contributed by atoms with E-state index in [-0.39, 0.29) is 55.3 Å². The van der Waals surface area contributed by atoms with Crippen LogP contribution in [0.3, 0.4) is 0 Å². The first kappa shape index (κ1) is 24.0. The number of Topliss-reactive ketones (excluding diaryl/α,β-unsaturated/α-hetero) is 1. The second-order valence-electron chi connectivity index (χ2n) is 7.83. The van der Waals surface area contributed by atoms with E-state index in [1.54, 1.807) is 19.1 Å². The van der Waals surface area contributed by atoms with Crippen LogP contribution in [0.5, 0.6) is 17.2 Å². The molecule has 0 bridgehead atoms. The SMILES string of the molecule is CCC(=O)c1ccc(OCc2ccccc2)c(OCc2ccccc2)c1OON1C(=O)CCC1=O. The van der Waals surface area contributed by atoms with Gasteiger partial charge in [0.25, 0.3) is 11.8 Å². The summed E-state index contributed by atoms with van der Waals surface area (Å²) in [7, 11) is 0. The highest BCUT2D eigenvalue weighted by Gasteiger charge is 2.33. The number of amides is 2. The van der Waals surface area contributed by atoms with Crippen molar-refractivity contribution in [2.24, 2.45) is 0 Å². The summed E-state index contributed by atoms with van der Waals surface area (Å²) in [6, 6.07) is 22.2. The summed E-state index contributed by atoms with van der Waals surface area (Å²) in [4.78, 5) is 47.2. The quantitative estimate of drug-likeness (QED) is 0.170. The molecule has 1 saturated heterocycles. The Bertz CT molecular complexity index is 1180. The second kappa shape index (κ2) is 11.3. The average molecular weight is 475 g/mol. The van der Waals surface area contributed by atoms with Gasteiger partial charge in [0.1, 0.15) is 13.2 Å². The second-order valence-corrected chi connectivity index (χ2v) is 7.83. The van der Waals surface area contributed by atoms with Gasteiger partial charge in [-0.3, -0.25) is 14.4 Å². The van der Waals surface area contributed by atoms with Crippen molar-refractivity contribution in [1.29, 1.82) is 0 Å². The molecule has 180 valence electrons. The van der Waals surface area contributed by atoms with Gasteiger partial charge in [-0.05, 0) is 28.2 Å². The molecule has 0 atom stereocenters. The van der Waals surface area contributed by atoms with Crippen molar-refractivity contribution < 1.29 is 33.7 Å². The van der Waals surface area contributed by atoms with Gasteiger partial charge in [0.2, 0.25) is 11.5 Å². The third-order valence-electron chi connectivity index (χ3n) is 5.36. The van der Waals surface area contributed by atoms with Gasteiger partial charge in [-0.1, -0.05) is 67.6 Å². The van der Waals surface area contributed by atoms with E-state index in [9.17, 15) is 14.4 Å². The molecular weight excluding hydrogens is 450 g/mol. The molecule has 0 saturated carbocycles. The molecular formula is C27H25NO7. The molecule has 1 aliphatic rings. The van der Waals surface area contributed by atoms with Gasteiger partial charge in [0, 0.05) is 19.3 Å². The Kier molecular flexibility index (Phi) is 7.74. The maximum atomic E-state index is 12.7. The minimum atomic E-state index is -0.526. The van der Waals surface area contributed by atoms with Gasteiger partial charge in [0.05, 0.1) is 5.56 Å². The van der Waals surface area contributed by atoms with Gasteiger partial charge >= 0.3 is 0 Å². The number of hydrogen-bond donors (Lipinski definition) is 0. The van der Waals surface area contributed by atoms with Crippen LogP contribution in [-0.2, 0) is 27.8 Å². The van der Waals surface area contributed by atoms with Crippen LogP contribution < -0.4 is 14.4 Å². The lowest BCUT2D eigenvalue weighted by Crippen LogP contribution is -2.31. The fourth-order valence-corrected chi connectivity index (χ4v) is 3.47. The Morgan fingerprint density at radius 2 is 1.34 bits per heavy atom. The van der Waals surface area contributed by atoms with Crippen LogP contribution in [0.25, 0.3) is 0 Å². The molecule has 0 N–H and O–H groups in total. The van der Waals surface area contributed by atoms with E-state index in [0.29, 0.717) is 10.8 Å². The zero-order valence-electron chi connectivity index (χ0n) is 19.3. The lowest BCUT2D eigenvalue weighted by atomic mass is 10.1. The highest BCUT2D eigenvalue weighted by molar-refractivity contribution is 6.01. The van der Waals surface area contributed by atoms with Crippen LogP contribution in [0.2, 0.25) is 0 Å². The molecule has 2 amide bonds. The molecule has 35 heavy (non-hydrogen) atoms. The zero-order chi connectivity index (χ0) is 24.6. The topological polar surface area (TPSA) is 91.4 Å². The van der Waals surface area contributed by atoms with E-state index in [1.807, 2.05) is 60.7 Å². The number of carbonyl (C=O) groups is 3. The molecule has 0 spiro atoms. The summed E-state index contributed by atoms with van der Waals surface area (Å²) in [6.45, 7) is 2.11. The summed E-state index contributed by atoms with van der Waals surface area (Å²) in [5, 5.41) is 0.554. The number of carbonyl (C=O) groups excluding carboxylic acids is 3. The molecule has 1 heterocycles. The Balaban J connectivity index is 1.68. The van der Waals surface area contributed by atoms with Gasteiger partial charge in [0.15, 0.2) is 11.5 Å². The maximum Gasteiger partial charge on any atom is 0.257 e. The smallest absolute Gasteiger partial charge is 0.257 e. The van der Waals surface area contributed by atoms with Crippen molar-refractivity contribution in [3.63, 3.8) is 0 Å². The van der Waals surface area contributed by atoms with Crippen LogP contribution >= 0.6 is 0 Å². The highest BCUT2D eigenvalue weighted by atomic mass is 17.3. The predicted molar refractivity (Wildman–Crippen MR) is 125 cm³/mol. The third-order valence-corrected chi connectivity index (χ3v) is 5.36. The summed E-state index contributed by atoms with van der Waals surface area (Å²) < 4.78 is 12.1. The number of hydrogen-bond acceptors (Lipinski definition) is 7. The van der Waals surface area contributed by atoms with Gasteiger partial charge in [-0.15, -0.1) is 5.06 Å². The fourth-order valence-electron chi connectivity index (χ4n) is 3.47. The van der Waals surface area contributed by atoms with E-state index in [0.717, 1.165) is 11.1 Å². The minimum Gasteiger partial charge on any atom is -0.485 e. The predicted octanol–water partition coefficient (Wildman–Crippen LogP) is 4.81. The van der Waals surface area contributed by atoms with Crippen LogP contribution in [0.4, 0.5) is 0 Å². The molecule has 0 unspecified atom stereocenters. The maximum absolute atomic E-state index is 12.7. The van der Waals surface area contributed by atoms with E-state index >= 15 is 0 Å². The van der Waals surface area contributed by atoms with E-state index < -0.39 is 11.8 Å². The van der Waals surface area contributed by atoms with Gasteiger partial charge in [-0.25, -0.2) is 0 Å². The minimum absolute atomic E-state index is 0.0283. The normalized spacial score (nSPS) is 13.1. The molecule has 1 aliphatic heterocycles. The lowest BCUT2D eigenvalue weighted by molar-refractivity contribution is -0.333. The molecule has 3 aromatic rings. The molecule has 4 rings (SSSR count). The number of hydroxylamine groups is 2. The summed E-state index contributed by atoms with van der Waals surface area (Å²) >= 11 is 0. The number of rotatable bonds is 11. The Hall–Kier alpha value is -4.17. The number of ketones is 1. The van der Waals surface area contributed by atoms with Gasteiger partial charge < -0.3 is 14.4 Å². The van der Waals surface area contributed by atoms with E-state index in [4.69, 9.17) is 19.3 Å². The lowest BCUT2D eigenvalue weighted by Gasteiger charge is -2.19. The highest BCUT2D eigenvalue weighted by Crippen LogP contribution is 2.42. The number of imide groups is 1. The zero-order valence-corrected chi connectivity index (χ0v) is 19.3. The molecule has 0 aromatic heterocycles. The standard InChI is InChI=1S/C27H25NO7/c1-2-22(29)21-13-14-23(32-17-19-9-5-3-6-10-19)27(33-18-20-11-7-4-8-12-20)26(21)34-35-28-24(30)15-16-25(28)31/h3-14H,2,15-18H2,1H3. The van der Waals surface area contributed by atoms with Crippen molar-refractivity contribution in [1.82, 2.24) is 5.06 Å². The van der Waals surface area contributed by atoms with Crippen molar-refractivity contribution >= 4 is 17.6 Å². The molecule has 0 radical (unpaired) electrons. The van der Waals surface area contributed by atoms with Gasteiger partial charge in [-0.2, -0.15) is 0 Å². The van der Waals surface area contributed by atoms with Crippen LogP contribution in [0.1, 0.15) is 47.7 Å². The Morgan fingerprint density at radius 3 is 1.91 bits per heavy atom. The third kappa shape index (κ3) is 5.85. The number of benzene rings is 3. The summed E-state index contributed by atoms with van der Waals surface area (Å²) in [6.07, 6.45) is 0.251.